The minimum Gasteiger partial charge on any atom is -0.489 e. The van der Waals surface area contributed by atoms with E-state index in [1.807, 2.05) is 0 Å². The van der Waals surface area contributed by atoms with Gasteiger partial charge in [0.05, 0.1) is 0 Å². The van der Waals surface area contributed by atoms with Gasteiger partial charge in [0, 0.05) is 6.04 Å². The molecule has 2 N–H and O–H groups in total. The maximum Gasteiger partial charge on any atom is 0.165 e. The molecule has 3 heteroatoms. The van der Waals surface area contributed by atoms with Gasteiger partial charge in [0.25, 0.3) is 0 Å². The quantitative estimate of drug-likeness (QED) is 0.812. The van der Waals surface area contributed by atoms with Gasteiger partial charge in [-0.3, -0.25) is 0 Å². The summed E-state index contributed by atoms with van der Waals surface area (Å²) in [5.74, 6) is 0.321. The molecule has 0 saturated carbocycles. The van der Waals surface area contributed by atoms with Crippen LogP contribution >= 0.6 is 0 Å². The first-order chi connectivity index (χ1) is 7.15. The third-order valence-electron chi connectivity index (χ3n) is 2.64. The monoisotopic (exact) mass is 211 g/mol. The summed E-state index contributed by atoms with van der Waals surface area (Å²) in [4.78, 5) is 0. The molecule has 15 heavy (non-hydrogen) atoms. The maximum atomic E-state index is 13.2. The van der Waals surface area contributed by atoms with Gasteiger partial charge in [0.2, 0.25) is 0 Å². The molecule has 84 valence electrons. The number of hydrogen-bond donors (Lipinski definition) is 1. The van der Waals surface area contributed by atoms with Gasteiger partial charge in [-0.05, 0) is 18.1 Å². The van der Waals surface area contributed by atoms with E-state index in [4.69, 9.17) is 10.5 Å². The molecule has 2 atom stereocenters. The highest BCUT2D eigenvalue weighted by atomic mass is 19.1. The fraction of sp³-hybridized carbons (Fsp3) is 0.500. The highest BCUT2D eigenvalue weighted by molar-refractivity contribution is 5.23. The van der Waals surface area contributed by atoms with E-state index in [0.29, 0.717) is 12.5 Å². The summed E-state index contributed by atoms with van der Waals surface area (Å²) < 4.78 is 18.5. The van der Waals surface area contributed by atoms with Gasteiger partial charge in [-0.25, -0.2) is 4.39 Å². The molecule has 0 fully saturated rings. The zero-order chi connectivity index (χ0) is 11.3. The third-order valence-corrected chi connectivity index (χ3v) is 2.64. The van der Waals surface area contributed by atoms with Crippen LogP contribution in [0.3, 0.4) is 0 Å². The topological polar surface area (TPSA) is 35.2 Å². The minimum absolute atomic E-state index is 0.0467. The van der Waals surface area contributed by atoms with Crippen molar-refractivity contribution < 1.29 is 9.13 Å². The van der Waals surface area contributed by atoms with Gasteiger partial charge >= 0.3 is 0 Å². The summed E-state index contributed by atoms with van der Waals surface area (Å²) >= 11 is 0. The second-order valence-electron chi connectivity index (χ2n) is 3.79. The number of benzene rings is 1. The van der Waals surface area contributed by atoms with Crippen LogP contribution in [0.1, 0.15) is 20.3 Å². The predicted molar refractivity (Wildman–Crippen MR) is 59.3 cm³/mol. The summed E-state index contributed by atoms with van der Waals surface area (Å²) in [5, 5.41) is 0. The standard InChI is InChI=1S/C12H18FNO/c1-3-9(2)11(14)8-15-12-7-5-4-6-10(12)13/h4-7,9,11H,3,8,14H2,1-2H3/t9-,11-/m0/s1. The van der Waals surface area contributed by atoms with Crippen LogP contribution in [0.2, 0.25) is 0 Å². The number of ether oxygens (including phenoxy) is 1. The van der Waals surface area contributed by atoms with Crippen LogP contribution in [0, 0.1) is 11.7 Å². The fourth-order valence-electron chi connectivity index (χ4n) is 1.21. The minimum atomic E-state index is -0.339. The molecule has 0 aliphatic rings. The van der Waals surface area contributed by atoms with Crippen molar-refractivity contribution in [2.75, 3.05) is 6.61 Å². The number of para-hydroxylation sites is 1. The fourth-order valence-corrected chi connectivity index (χ4v) is 1.21. The normalized spacial score (nSPS) is 14.7. The Labute approximate surface area is 90.2 Å². The molecule has 0 radical (unpaired) electrons. The SMILES string of the molecule is CC[C@H](C)[C@@H](N)COc1ccccc1F. The van der Waals surface area contributed by atoms with Crippen LogP contribution < -0.4 is 10.5 Å². The highest BCUT2D eigenvalue weighted by Crippen LogP contribution is 2.16. The lowest BCUT2D eigenvalue weighted by Gasteiger charge is -2.18. The Bertz CT molecular complexity index is 303. The van der Waals surface area contributed by atoms with Crippen LogP contribution in [-0.4, -0.2) is 12.6 Å². The Morgan fingerprint density at radius 2 is 2.07 bits per heavy atom. The van der Waals surface area contributed by atoms with Crippen molar-refractivity contribution in [2.45, 2.75) is 26.3 Å². The number of hydrogen-bond acceptors (Lipinski definition) is 2. The van der Waals surface area contributed by atoms with Gasteiger partial charge in [0.1, 0.15) is 6.61 Å². The molecule has 0 aromatic heterocycles. The molecule has 1 aromatic rings. The van der Waals surface area contributed by atoms with E-state index in [-0.39, 0.29) is 17.6 Å². The van der Waals surface area contributed by atoms with Crippen molar-refractivity contribution in [3.8, 4) is 5.75 Å². The van der Waals surface area contributed by atoms with Gasteiger partial charge in [-0.1, -0.05) is 32.4 Å². The van der Waals surface area contributed by atoms with E-state index in [2.05, 4.69) is 13.8 Å². The zero-order valence-corrected chi connectivity index (χ0v) is 9.24. The average molecular weight is 211 g/mol. The number of rotatable bonds is 5. The lowest BCUT2D eigenvalue weighted by molar-refractivity contribution is 0.241. The maximum absolute atomic E-state index is 13.2. The number of halogens is 1. The number of nitrogens with two attached hydrogens (primary N) is 1. The summed E-state index contributed by atoms with van der Waals surface area (Å²) in [6.07, 6.45) is 1.00. The van der Waals surface area contributed by atoms with Gasteiger partial charge < -0.3 is 10.5 Å². The second kappa shape index (κ2) is 5.71. The molecule has 0 spiro atoms. The van der Waals surface area contributed by atoms with Gasteiger partial charge in [-0.2, -0.15) is 0 Å². The van der Waals surface area contributed by atoms with Crippen LogP contribution in [0.4, 0.5) is 4.39 Å². The summed E-state index contributed by atoms with van der Waals surface area (Å²) in [7, 11) is 0. The molecule has 1 rings (SSSR count). The summed E-state index contributed by atoms with van der Waals surface area (Å²) in [6.45, 7) is 4.50. The molecule has 0 heterocycles. The smallest absolute Gasteiger partial charge is 0.165 e. The van der Waals surface area contributed by atoms with E-state index in [1.165, 1.54) is 6.07 Å². The lowest BCUT2D eigenvalue weighted by Crippen LogP contribution is -2.34. The van der Waals surface area contributed by atoms with E-state index in [0.717, 1.165) is 6.42 Å². The molecule has 0 unspecified atom stereocenters. The van der Waals surface area contributed by atoms with Crippen molar-refractivity contribution in [3.05, 3.63) is 30.1 Å². The Morgan fingerprint density at radius 3 is 2.67 bits per heavy atom. The van der Waals surface area contributed by atoms with E-state index in [9.17, 15) is 4.39 Å². The molecule has 0 amide bonds. The van der Waals surface area contributed by atoms with Crippen molar-refractivity contribution in [3.63, 3.8) is 0 Å². The third kappa shape index (κ3) is 3.51. The Morgan fingerprint density at radius 1 is 1.40 bits per heavy atom. The molecule has 1 aromatic carbocycles. The summed E-state index contributed by atoms with van der Waals surface area (Å²) in [5.41, 5.74) is 5.88. The molecule has 0 bridgehead atoms. The summed E-state index contributed by atoms with van der Waals surface area (Å²) in [6, 6.07) is 6.32. The van der Waals surface area contributed by atoms with Crippen LogP contribution in [-0.2, 0) is 0 Å². The first kappa shape index (κ1) is 12.0. The van der Waals surface area contributed by atoms with Gasteiger partial charge in [0.15, 0.2) is 11.6 Å². The predicted octanol–water partition coefficient (Wildman–Crippen LogP) is 2.58. The average Bonchev–Trinajstić information content (AvgIpc) is 2.26. The zero-order valence-electron chi connectivity index (χ0n) is 9.24. The van der Waals surface area contributed by atoms with Gasteiger partial charge in [-0.15, -0.1) is 0 Å². The Balaban J connectivity index is 2.47. The lowest BCUT2D eigenvalue weighted by atomic mass is 10.0. The first-order valence-corrected chi connectivity index (χ1v) is 5.28. The molecule has 0 saturated heterocycles. The Hall–Kier alpha value is -1.09. The second-order valence-corrected chi connectivity index (χ2v) is 3.79. The van der Waals surface area contributed by atoms with Crippen LogP contribution in [0.15, 0.2) is 24.3 Å². The molecule has 0 aliphatic heterocycles. The van der Waals surface area contributed by atoms with Crippen LogP contribution in [0.25, 0.3) is 0 Å². The van der Waals surface area contributed by atoms with Crippen molar-refractivity contribution in [1.82, 2.24) is 0 Å². The van der Waals surface area contributed by atoms with Crippen molar-refractivity contribution in [2.24, 2.45) is 11.7 Å². The molecular formula is C12H18FNO. The van der Waals surface area contributed by atoms with Crippen LogP contribution in [0.5, 0.6) is 5.75 Å². The van der Waals surface area contributed by atoms with Crippen molar-refractivity contribution >= 4 is 0 Å². The molecule has 0 aliphatic carbocycles. The molecule has 2 nitrogen and oxygen atoms in total. The first-order valence-electron chi connectivity index (χ1n) is 5.28. The largest absolute Gasteiger partial charge is 0.489 e. The Kier molecular flexibility index (Phi) is 4.56. The molecular weight excluding hydrogens is 193 g/mol. The van der Waals surface area contributed by atoms with E-state index < -0.39 is 0 Å². The van der Waals surface area contributed by atoms with Crippen molar-refractivity contribution in [1.29, 1.82) is 0 Å². The van der Waals surface area contributed by atoms with E-state index in [1.54, 1.807) is 18.2 Å². The van der Waals surface area contributed by atoms with E-state index >= 15 is 0 Å². The highest BCUT2D eigenvalue weighted by Gasteiger charge is 2.12.